The molecule has 1 aliphatic carbocycles. The molecule has 1 unspecified atom stereocenters. The molecule has 0 bridgehead atoms. The zero-order chi connectivity index (χ0) is 15.5. The molecule has 1 saturated heterocycles. The first kappa shape index (κ1) is 14.9. The lowest BCUT2D eigenvalue weighted by Gasteiger charge is -2.33. The Hall–Kier alpha value is -2.05. The SMILES string of the molecule is COC(=O)N1CCCCC1C(=O)NCc1cc(C2CC2)n[nH]1. The Bertz CT molecular complexity index is 553. The van der Waals surface area contributed by atoms with Crippen LogP contribution < -0.4 is 5.32 Å². The average Bonchev–Trinajstić information content (AvgIpc) is 3.30. The maximum atomic E-state index is 12.4. The highest BCUT2D eigenvalue weighted by Gasteiger charge is 2.32. The van der Waals surface area contributed by atoms with Crippen LogP contribution in [0.25, 0.3) is 0 Å². The Kier molecular flexibility index (Phi) is 4.31. The number of ether oxygens (including phenoxy) is 1. The van der Waals surface area contributed by atoms with Crippen LogP contribution in [-0.4, -0.2) is 46.8 Å². The molecule has 1 aliphatic heterocycles. The molecule has 1 atom stereocenters. The molecule has 1 aromatic heterocycles. The molecule has 1 saturated carbocycles. The van der Waals surface area contributed by atoms with Crippen molar-refractivity contribution in [3.63, 3.8) is 0 Å². The number of amides is 2. The van der Waals surface area contributed by atoms with E-state index in [1.165, 1.54) is 24.9 Å². The fourth-order valence-corrected chi connectivity index (χ4v) is 2.90. The van der Waals surface area contributed by atoms with E-state index in [1.807, 2.05) is 6.07 Å². The molecule has 7 heteroatoms. The molecule has 0 spiro atoms. The summed E-state index contributed by atoms with van der Waals surface area (Å²) in [5.41, 5.74) is 1.98. The second-order valence-electron chi connectivity index (χ2n) is 5.99. The third kappa shape index (κ3) is 3.23. The van der Waals surface area contributed by atoms with Crippen molar-refractivity contribution in [1.82, 2.24) is 20.4 Å². The number of hydrogen-bond donors (Lipinski definition) is 2. The Morgan fingerprint density at radius 1 is 1.41 bits per heavy atom. The molecular weight excluding hydrogens is 284 g/mol. The van der Waals surface area contributed by atoms with Crippen LogP contribution >= 0.6 is 0 Å². The van der Waals surface area contributed by atoms with Gasteiger partial charge in [0.05, 0.1) is 25.0 Å². The van der Waals surface area contributed by atoms with Crippen molar-refractivity contribution in [2.75, 3.05) is 13.7 Å². The van der Waals surface area contributed by atoms with Gasteiger partial charge in [-0.05, 0) is 38.2 Å². The molecule has 120 valence electrons. The molecule has 0 radical (unpaired) electrons. The van der Waals surface area contributed by atoms with Gasteiger partial charge in [0.1, 0.15) is 6.04 Å². The third-order valence-electron chi connectivity index (χ3n) is 4.31. The molecule has 7 nitrogen and oxygen atoms in total. The second-order valence-corrected chi connectivity index (χ2v) is 5.99. The lowest BCUT2D eigenvalue weighted by Crippen LogP contribution is -2.51. The van der Waals surface area contributed by atoms with Crippen LogP contribution in [0.4, 0.5) is 4.79 Å². The Morgan fingerprint density at radius 3 is 2.95 bits per heavy atom. The Morgan fingerprint density at radius 2 is 2.23 bits per heavy atom. The van der Waals surface area contributed by atoms with Gasteiger partial charge >= 0.3 is 6.09 Å². The standard InChI is InChI=1S/C15H22N4O3/c1-22-15(21)19-7-3-2-4-13(19)14(20)16-9-11-8-12(18-17-11)10-5-6-10/h8,10,13H,2-7,9H2,1H3,(H,16,20)(H,17,18). The van der Waals surface area contributed by atoms with Gasteiger partial charge in [-0.25, -0.2) is 4.79 Å². The lowest BCUT2D eigenvalue weighted by molar-refractivity contribution is -0.127. The maximum Gasteiger partial charge on any atom is 0.410 e. The molecule has 0 aromatic carbocycles. The molecule has 3 rings (SSSR count). The molecule has 2 amide bonds. The number of likely N-dealkylation sites (tertiary alicyclic amines) is 1. The van der Waals surface area contributed by atoms with Gasteiger partial charge in [-0.2, -0.15) is 5.10 Å². The summed E-state index contributed by atoms with van der Waals surface area (Å²) >= 11 is 0. The fourth-order valence-electron chi connectivity index (χ4n) is 2.90. The number of nitrogens with one attached hydrogen (secondary N) is 2. The zero-order valence-corrected chi connectivity index (χ0v) is 12.8. The molecular formula is C15H22N4O3. The predicted molar refractivity (Wildman–Crippen MR) is 79.2 cm³/mol. The van der Waals surface area contributed by atoms with Gasteiger partial charge in [-0.3, -0.25) is 14.8 Å². The van der Waals surface area contributed by atoms with Crippen LogP contribution in [0, 0.1) is 0 Å². The van der Waals surface area contributed by atoms with E-state index in [4.69, 9.17) is 4.74 Å². The summed E-state index contributed by atoms with van der Waals surface area (Å²) in [7, 11) is 1.34. The largest absolute Gasteiger partial charge is 0.453 e. The monoisotopic (exact) mass is 306 g/mol. The molecule has 2 heterocycles. The van der Waals surface area contributed by atoms with Gasteiger partial charge in [0.25, 0.3) is 0 Å². The molecule has 22 heavy (non-hydrogen) atoms. The number of carbonyl (C=O) groups excluding carboxylic acids is 2. The van der Waals surface area contributed by atoms with E-state index in [-0.39, 0.29) is 5.91 Å². The van der Waals surface area contributed by atoms with Crippen LogP contribution in [0.2, 0.25) is 0 Å². The summed E-state index contributed by atoms with van der Waals surface area (Å²) in [6, 6.07) is 1.57. The Labute approximate surface area is 129 Å². The Balaban J connectivity index is 1.56. The summed E-state index contributed by atoms with van der Waals surface area (Å²) in [6.45, 7) is 0.977. The normalized spacial score (nSPS) is 21.5. The number of H-pyrrole nitrogens is 1. The van der Waals surface area contributed by atoms with Crippen LogP contribution in [0.3, 0.4) is 0 Å². The van der Waals surface area contributed by atoms with E-state index in [9.17, 15) is 9.59 Å². The highest BCUT2D eigenvalue weighted by molar-refractivity contribution is 5.85. The van der Waals surface area contributed by atoms with Crippen molar-refractivity contribution in [1.29, 1.82) is 0 Å². The minimum Gasteiger partial charge on any atom is -0.453 e. The second kappa shape index (κ2) is 6.37. The van der Waals surface area contributed by atoms with Gasteiger partial charge in [-0.15, -0.1) is 0 Å². The summed E-state index contributed by atoms with van der Waals surface area (Å²) < 4.78 is 4.76. The average molecular weight is 306 g/mol. The van der Waals surface area contributed by atoms with Gasteiger partial charge < -0.3 is 10.1 Å². The minimum absolute atomic E-state index is 0.132. The molecule has 2 aliphatic rings. The molecule has 2 N–H and O–H groups in total. The smallest absolute Gasteiger partial charge is 0.410 e. The van der Waals surface area contributed by atoms with E-state index in [2.05, 4.69) is 15.5 Å². The quantitative estimate of drug-likeness (QED) is 0.883. The number of aromatic nitrogens is 2. The summed E-state index contributed by atoms with van der Waals surface area (Å²) in [5, 5.41) is 10.1. The summed E-state index contributed by atoms with van der Waals surface area (Å²) in [4.78, 5) is 25.6. The fraction of sp³-hybridized carbons (Fsp3) is 0.667. The number of rotatable bonds is 4. The van der Waals surface area contributed by atoms with E-state index < -0.39 is 12.1 Å². The van der Waals surface area contributed by atoms with Crippen molar-refractivity contribution < 1.29 is 14.3 Å². The number of carbonyl (C=O) groups is 2. The third-order valence-corrected chi connectivity index (χ3v) is 4.31. The van der Waals surface area contributed by atoms with E-state index in [1.54, 1.807) is 0 Å². The van der Waals surface area contributed by atoms with Crippen molar-refractivity contribution >= 4 is 12.0 Å². The maximum absolute atomic E-state index is 12.4. The highest BCUT2D eigenvalue weighted by atomic mass is 16.5. The zero-order valence-electron chi connectivity index (χ0n) is 12.8. The van der Waals surface area contributed by atoms with E-state index in [0.717, 1.165) is 24.2 Å². The van der Waals surface area contributed by atoms with Crippen molar-refractivity contribution in [3.05, 3.63) is 17.5 Å². The van der Waals surface area contributed by atoms with E-state index >= 15 is 0 Å². The van der Waals surface area contributed by atoms with Gasteiger partial charge in [0, 0.05) is 12.5 Å². The van der Waals surface area contributed by atoms with Crippen molar-refractivity contribution in [2.24, 2.45) is 0 Å². The van der Waals surface area contributed by atoms with Gasteiger partial charge in [0.2, 0.25) is 5.91 Å². The number of aromatic amines is 1. The van der Waals surface area contributed by atoms with Crippen LogP contribution in [0.1, 0.15) is 49.4 Å². The lowest BCUT2D eigenvalue weighted by atomic mass is 10.0. The van der Waals surface area contributed by atoms with Gasteiger partial charge in [-0.1, -0.05) is 0 Å². The van der Waals surface area contributed by atoms with Crippen LogP contribution in [0.5, 0.6) is 0 Å². The first-order chi connectivity index (χ1) is 10.7. The summed E-state index contributed by atoms with van der Waals surface area (Å²) in [5.74, 6) is 0.460. The number of hydrogen-bond acceptors (Lipinski definition) is 4. The topological polar surface area (TPSA) is 87.3 Å². The van der Waals surface area contributed by atoms with Crippen LogP contribution in [0.15, 0.2) is 6.07 Å². The minimum atomic E-state index is -0.438. The predicted octanol–water partition coefficient (Wildman–Crippen LogP) is 1.52. The number of methoxy groups -OCH3 is 1. The van der Waals surface area contributed by atoms with Crippen LogP contribution in [-0.2, 0) is 16.1 Å². The highest BCUT2D eigenvalue weighted by Crippen LogP contribution is 2.38. The van der Waals surface area contributed by atoms with E-state index in [0.29, 0.717) is 25.4 Å². The van der Waals surface area contributed by atoms with Crippen molar-refractivity contribution in [3.8, 4) is 0 Å². The number of piperidine rings is 1. The summed E-state index contributed by atoms with van der Waals surface area (Å²) in [6.07, 6.45) is 4.50. The molecule has 2 fully saturated rings. The first-order valence-electron chi connectivity index (χ1n) is 7.85. The molecule has 1 aromatic rings. The van der Waals surface area contributed by atoms with Crippen molar-refractivity contribution in [2.45, 2.75) is 50.6 Å². The van der Waals surface area contributed by atoms with Gasteiger partial charge in [0.15, 0.2) is 0 Å². The number of nitrogens with zero attached hydrogens (tertiary/aromatic N) is 2. The first-order valence-corrected chi connectivity index (χ1v) is 7.85.